The molecule has 1 saturated carbocycles. The Morgan fingerprint density at radius 2 is 1.86 bits per heavy atom. The van der Waals surface area contributed by atoms with Crippen molar-refractivity contribution < 1.29 is 47.8 Å². The molecule has 0 aromatic heterocycles. The lowest BCUT2D eigenvalue weighted by atomic mass is 9.85. The van der Waals surface area contributed by atoms with Crippen LogP contribution in [0.3, 0.4) is 0 Å². The summed E-state index contributed by atoms with van der Waals surface area (Å²) in [4.78, 5) is 30.7. The number of carbonyl (C=O) groups excluding carboxylic acids is 1. The van der Waals surface area contributed by atoms with Crippen molar-refractivity contribution in [3.05, 3.63) is 29.8 Å². The van der Waals surface area contributed by atoms with Crippen LogP contribution in [0, 0.1) is 11.8 Å². The number of esters is 1. The molecule has 0 unspecified atom stereocenters. The van der Waals surface area contributed by atoms with Gasteiger partial charge in [-0.3, -0.25) is 14.6 Å². The van der Waals surface area contributed by atoms with Gasteiger partial charge in [0.05, 0.1) is 38.5 Å². The van der Waals surface area contributed by atoms with Gasteiger partial charge in [-0.15, -0.1) is 0 Å². The summed E-state index contributed by atoms with van der Waals surface area (Å²) in [5.74, 6) is 0.470. The van der Waals surface area contributed by atoms with E-state index in [1.54, 1.807) is 18.2 Å². The third-order valence-electron chi connectivity index (χ3n) is 8.78. The molecule has 1 aliphatic heterocycles. The topological polar surface area (TPSA) is 143 Å². The highest BCUT2D eigenvalue weighted by Gasteiger charge is 2.48. The molecule has 240 valence electrons. The molecule has 1 saturated heterocycles. The molecule has 10 nitrogen and oxygen atoms in total. The summed E-state index contributed by atoms with van der Waals surface area (Å²) in [6.07, 6.45) is 9.91. The molecule has 11 heteroatoms. The zero-order valence-electron chi connectivity index (χ0n) is 25.6. The molecule has 0 bridgehead atoms. The highest BCUT2D eigenvalue weighted by molar-refractivity contribution is 7.46. The number of phosphoric ester groups is 1. The minimum Gasteiger partial charge on any atom is -0.460 e. The molecule has 1 heterocycles. The standard InChI is InChI=1S/C31H52NO9P/c1-4-5-6-12-24(33)16-17-26-27-20-25(40-30(27)21-28(26)34)13-8-10-15-31(35)39-19-18-32(2,3)22-23-11-7-9-14-29(23)41-42(36,37)38/h7,9,11,14,24-28,30,33-34H,4-6,8,10,12-13,15-22H2,1-3H3,(H-,36,37,38)/p+1/t24-,25+,26+,27+,28+,30-/m0/s1. The van der Waals surface area contributed by atoms with E-state index in [1.165, 1.54) is 6.07 Å². The first-order valence-corrected chi connectivity index (χ1v) is 17.2. The van der Waals surface area contributed by atoms with Crippen molar-refractivity contribution in [2.45, 2.75) is 115 Å². The van der Waals surface area contributed by atoms with E-state index in [9.17, 15) is 29.4 Å². The van der Waals surface area contributed by atoms with Crippen molar-refractivity contribution in [3.63, 3.8) is 0 Å². The fourth-order valence-electron chi connectivity index (χ4n) is 6.50. The first-order chi connectivity index (χ1) is 19.9. The number of hydrogen-bond donors (Lipinski definition) is 4. The Labute approximate surface area is 251 Å². The van der Waals surface area contributed by atoms with E-state index in [-0.39, 0.29) is 48.7 Å². The predicted molar refractivity (Wildman–Crippen MR) is 159 cm³/mol. The Morgan fingerprint density at radius 1 is 1.10 bits per heavy atom. The Bertz CT molecular complexity index is 1020. The predicted octanol–water partition coefficient (Wildman–Crippen LogP) is 4.71. The van der Waals surface area contributed by atoms with Crippen LogP contribution in [0.25, 0.3) is 0 Å². The van der Waals surface area contributed by atoms with Gasteiger partial charge in [0.1, 0.15) is 25.4 Å². The summed E-state index contributed by atoms with van der Waals surface area (Å²) in [7, 11) is -0.745. The number of unbranched alkanes of at least 4 members (excludes halogenated alkanes) is 3. The van der Waals surface area contributed by atoms with E-state index >= 15 is 0 Å². The van der Waals surface area contributed by atoms with Crippen LogP contribution in [0.1, 0.15) is 89.5 Å². The second-order valence-corrected chi connectivity index (χ2v) is 14.0. The van der Waals surface area contributed by atoms with Crippen LogP contribution < -0.4 is 4.52 Å². The third kappa shape index (κ3) is 11.9. The highest BCUT2D eigenvalue weighted by atomic mass is 31.2. The Balaban J connectivity index is 1.30. The number of aliphatic hydroxyl groups excluding tert-OH is 2. The number of rotatable bonds is 19. The molecule has 3 rings (SSSR count). The molecule has 2 fully saturated rings. The molecular formula is C31H53NO9P+. The average molecular weight is 615 g/mol. The monoisotopic (exact) mass is 614 g/mol. The number of hydrogen-bond acceptors (Lipinski definition) is 7. The van der Waals surface area contributed by atoms with Crippen LogP contribution in [0.2, 0.25) is 0 Å². The van der Waals surface area contributed by atoms with E-state index in [0.717, 1.165) is 64.2 Å². The molecule has 1 aromatic rings. The van der Waals surface area contributed by atoms with Crippen molar-refractivity contribution in [2.24, 2.45) is 11.8 Å². The maximum absolute atomic E-state index is 12.3. The zero-order valence-corrected chi connectivity index (χ0v) is 26.5. The van der Waals surface area contributed by atoms with Crippen LogP contribution >= 0.6 is 7.82 Å². The van der Waals surface area contributed by atoms with Gasteiger partial charge in [0.25, 0.3) is 0 Å². The second kappa shape index (κ2) is 16.5. The molecule has 0 radical (unpaired) electrons. The number of nitrogens with zero attached hydrogens (tertiary/aromatic N) is 1. The van der Waals surface area contributed by atoms with Gasteiger partial charge in [-0.05, 0) is 62.5 Å². The lowest BCUT2D eigenvalue weighted by molar-refractivity contribution is -0.903. The van der Waals surface area contributed by atoms with Gasteiger partial charge in [0, 0.05) is 18.4 Å². The van der Waals surface area contributed by atoms with Gasteiger partial charge in [-0.1, -0.05) is 44.7 Å². The van der Waals surface area contributed by atoms with Crippen LogP contribution in [-0.2, 0) is 25.4 Å². The van der Waals surface area contributed by atoms with E-state index in [1.807, 2.05) is 14.1 Å². The third-order valence-corrected chi connectivity index (χ3v) is 9.21. The molecule has 42 heavy (non-hydrogen) atoms. The fourth-order valence-corrected chi connectivity index (χ4v) is 6.94. The minimum atomic E-state index is -4.66. The number of ether oxygens (including phenoxy) is 2. The van der Waals surface area contributed by atoms with E-state index < -0.39 is 7.82 Å². The molecule has 1 aromatic carbocycles. The Hall–Kier alpha value is -1.52. The number of quaternary nitrogens is 1. The van der Waals surface area contributed by atoms with Crippen molar-refractivity contribution >= 4 is 13.8 Å². The largest absolute Gasteiger partial charge is 0.524 e. The van der Waals surface area contributed by atoms with Crippen LogP contribution in [-0.4, -0.2) is 82.1 Å². The number of benzene rings is 1. The van der Waals surface area contributed by atoms with Gasteiger partial charge in [0.15, 0.2) is 0 Å². The van der Waals surface area contributed by atoms with Gasteiger partial charge in [0.2, 0.25) is 0 Å². The number of phosphoric acid groups is 1. The molecule has 6 atom stereocenters. The normalized spacial score (nSPS) is 24.9. The molecule has 1 aliphatic carbocycles. The van der Waals surface area contributed by atoms with E-state index in [2.05, 4.69) is 6.92 Å². The number of para-hydroxylation sites is 1. The first-order valence-electron chi connectivity index (χ1n) is 15.7. The van der Waals surface area contributed by atoms with Crippen molar-refractivity contribution in [1.29, 1.82) is 0 Å². The van der Waals surface area contributed by atoms with Crippen LogP contribution in [0.4, 0.5) is 0 Å². The summed E-state index contributed by atoms with van der Waals surface area (Å²) in [5, 5.41) is 20.9. The van der Waals surface area contributed by atoms with Crippen LogP contribution in [0.15, 0.2) is 24.3 Å². The maximum Gasteiger partial charge on any atom is 0.524 e. The summed E-state index contributed by atoms with van der Waals surface area (Å²) in [6.45, 7) is 3.40. The fraction of sp³-hybridized carbons (Fsp3) is 0.774. The van der Waals surface area contributed by atoms with Crippen molar-refractivity contribution in [1.82, 2.24) is 0 Å². The quantitative estimate of drug-likeness (QED) is 0.0754. The van der Waals surface area contributed by atoms with Gasteiger partial charge < -0.3 is 28.7 Å². The second-order valence-electron chi connectivity index (χ2n) is 12.9. The lowest BCUT2D eigenvalue weighted by Crippen LogP contribution is -2.41. The van der Waals surface area contributed by atoms with Gasteiger partial charge in [-0.2, -0.15) is 0 Å². The van der Waals surface area contributed by atoms with Gasteiger partial charge >= 0.3 is 13.8 Å². The van der Waals surface area contributed by atoms with Crippen LogP contribution in [0.5, 0.6) is 5.75 Å². The van der Waals surface area contributed by atoms with E-state index in [4.69, 9.17) is 14.0 Å². The number of fused-ring (bicyclic) bond motifs is 1. The zero-order chi connectivity index (χ0) is 30.8. The molecule has 0 spiro atoms. The number of aliphatic hydroxyl groups is 2. The first kappa shape index (κ1) is 35.0. The minimum absolute atomic E-state index is 0.106. The SMILES string of the molecule is CCCCC[C@H](O)CC[C@@H]1[C@H]2C[C@@H](CCCCC(=O)OCC[N+](C)(C)Cc3ccccc3OP(=O)(O)O)O[C@H]2C[C@H]1O. The highest BCUT2D eigenvalue weighted by Crippen LogP contribution is 2.46. The van der Waals surface area contributed by atoms with Crippen molar-refractivity contribution in [3.8, 4) is 5.75 Å². The molecule has 0 amide bonds. The molecule has 2 aliphatic rings. The number of carbonyl (C=O) groups is 1. The Kier molecular flexibility index (Phi) is 13.8. The molecule has 4 N–H and O–H groups in total. The van der Waals surface area contributed by atoms with E-state index in [0.29, 0.717) is 41.9 Å². The lowest BCUT2D eigenvalue weighted by Gasteiger charge is -2.30. The summed E-state index contributed by atoms with van der Waals surface area (Å²) in [5.41, 5.74) is 0.663. The Morgan fingerprint density at radius 3 is 2.60 bits per heavy atom. The summed E-state index contributed by atoms with van der Waals surface area (Å²) < 4.78 is 28.3. The average Bonchev–Trinajstić information content (AvgIpc) is 3.41. The van der Waals surface area contributed by atoms with Gasteiger partial charge in [-0.25, -0.2) is 4.57 Å². The summed E-state index contributed by atoms with van der Waals surface area (Å²) >= 11 is 0. The smallest absolute Gasteiger partial charge is 0.460 e. The maximum atomic E-state index is 12.3. The summed E-state index contributed by atoms with van der Waals surface area (Å²) in [6, 6.07) is 6.74. The number of likely N-dealkylation sites (N-methyl/N-ethyl adjacent to an activating group) is 1. The van der Waals surface area contributed by atoms with Crippen molar-refractivity contribution in [2.75, 3.05) is 27.2 Å². The molecular weight excluding hydrogens is 561 g/mol.